The van der Waals surface area contributed by atoms with E-state index in [4.69, 9.17) is 13.3 Å². The molecule has 2 atom stereocenters. The minimum Gasteiger partial charge on any atom is -0.466 e. The minimum atomic E-state index is -2.85. The molecule has 1 saturated heterocycles. The van der Waals surface area contributed by atoms with Crippen molar-refractivity contribution in [3.8, 4) is 0 Å². The van der Waals surface area contributed by atoms with Crippen molar-refractivity contribution in [3.05, 3.63) is 30.3 Å². The molecule has 2 unspecified atom stereocenters. The van der Waals surface area contributed by atoms with Crippen molar-refractivity contribution in [1.29, 1.82) is 0 Å². The molecule has 0 radical (unpaired) electrons. The molecule has 1 aliphatic heterocycles. The molecule has 1 fully saturated rings. The van der Waals surface area contributed by atoms with Crippen molar-refractivity contribution in [1.82, 2.24) is 0 Å². The first-order valence-electron chi connectivity index (χ1n) is 9.23. The van der Waals surface area contributed by atoms with Crippen LogP contribution in [0.1, 0.15) is 19.8 Å². The standard InChI is InChI=1S/C18H28FNO5Si2/c1-16(21)23-12-14-26(2)13-8-7-11-24-27(3,25-26)15-20(18(19)22)17-9-5-4-6-10-17/h4-6,9-10H,7-8,11-15H2,1-3H3. The number of esters is 1. The highest BCUT2D eigenvalue weighted by atomic mass is 28.4. The van der Waals surface area contributed by atoms with Crippen molar-refractivity contribution in [2.24, 2.45) is 0 Å². The molecule has 0 aliphatic carbocycles. The molecule has 9 heteroatoms. The molecule has 1 aromatic carbocycles. The summed E-state index contributed by atoms with van der Waals surface area (Å²) in [6.45, 7) is 6.22. The topological polar surface area (TPSA) is 65.1 Å². The number of anilines is 1. The predicted molar refractivity (Wildman–Crippen MR) is 106 cm³/mol. The molecular weight excluding hydrogens is 385 g/mol. The molecule has 0 N–H and O–H groups in total. The van der Waals surface area contributed by atoms with Gasteiger partial charge in [-0.2, -0.15) is 0 Å². The third-order valence-electron chi connectivity index (χ3n) is 4.63. The van der Waals surface area contributed by atoms with E-state index in [1.54, 1.807) is 24.3 Å². The summed E-state index contributed by atoms with van der Waals surface area (Å²) in [5.41, 5.74) is 0.483. The second-order valence-corrected chi connectivity index (χ2v) is 14.8. The molecule has 6 nitrogen and oxygen atoms in total. The van der Waals surface area contributed by atoms with Crippen molar-refractivity contribution < 1.29 is 27.3 Å². The van der Waals surface area contributed by atoms with Crippen molar-refractivity contribution in [2.45, 2.75) is 44.9 Å². The van der Waals surface area contributed by atoms with E-state index >= 15 is 0 Å². The number of rotatable bonds is 6. The van der Waals surface area contributed by atoms with Crippen molar-refractivity contribution in [3.63, 3.8) is 0 Å². The van der Waals surface area contributed by atoms with Gasteiger partial charge in [0.1, 0.15) is 0 Å². The van der Waals surface area contributed by atoms with Gasteiger partial charge in [0.2, 0.25) is 0 Å². The molecule has 0 spiro atoms. The van der Waals surface area contributed by atoms with Gasteiger partial charge in [0.15, 0.2) is 8.32 Å². The zero-order valence-electron chi connectivity index (χ0n) is 16.2. The molecule has 0 bridgehead atoms. The van der Waals surface area contributed by atoms with E-state index in [2.05, 4.69) is 6.55 Å². The van der Waals surface area contributed by atoms with Gasteiger partial charge in [-0.25, -0.2) is 4.79 Å². The van der Waals surface area contributed by atoms with E-state index in [1.165, 1.54) is 6.92 Å². The number of halogens is 1. The molecule has 0 saturated carbocycles. The number of para-hydroxylation sites is 1. The average Bonchev–Trinajstić information content (AvgIpc) is 2.58. The number of carbonyl (C=O) groups excluding carboxylic acids is 2. The lowest BCUT2D eigenvalue weighted by atomic mass is 10.3. The number of hydrogen-bond donors (Lipinski definition) is 0. The van der Waals surface area contributed by atoms with Gasteiger partial charge in [-0.05, 0) is 43.7 Å². The molecule has 1 heterocycles. The number of benzene rings is 1. The maximum atomic E-state index is 13.8. The Bertz CT molecular complexity index is 650. The first kappa shape index (κ1) is 21.7. The van der Waals surface area contributed by atoms with E-state index in [9.17, 15) is 14.0 Å². The van der Waals surface area contributed by atoms with Gasteiger partial charge in [0, 0.05) is 19.2 Å². The lowest BCUT2D eigenvalue weighted by Crippen LogP contribution is -2.58. The van der Waals surface area contributed by atoms with Crippen LogP contribution in [0.5, 0.6) is 0 Å². The van der Waals surface area contributed by atoms with Gasteiger partial charge in [-0.15, -0.1) is 4.39 Å². The van der Waals surface area contributed by atoms with Crippen LogP contribution in [0.4, 0.5) is 14.9 Å². The summed E-state index contributed by atoms with van der Waals surface area (Å²) in [5, 5.41) is 0. The summed E-state index contributed by atoms with van der Waals surface area (Å²) in [6, 6.07) is 10.3. The maximum Gasteiger partial charge on any atom is 0.404 e. The summed E-state index contributed by atoms with van der Waals surface area (Å²) in [6.07, 6.45) is 0.449. The smallest absolute Gasteiger partial charge is 0.404 e. The first-order valence-corrected chi connectivity index (χ1v) is 14.6. The fourth-order valence-corrected chi connectivity index (χ4v) is 12.1. The Balaban J connectivity index is 2.17. The van der Waals surface area contributed by atoms with Gasteiger partial charge < -0.3 is 13.3 Å². The Morgan fingerprint density at radius 3 is 2.56 bits per heavy atom. The van der Waals surface area contributed by atoms with Crippen molar-refractivity contribution >= 4 is 34.7 Å². The van der Waals surface area contributed by atoms with Crippen LogP contribution in [0.2, 0.25) is 25.2 Å². The fourth-order valence-electron chi connectivity index (χ4n) is 3.31. The summed E-state index contributed by atoms with van der Waals surface area (Å²) in [4.78, 5) is 23.8. The Kier molecular flexibility index (Phi) is 7.72. The molecule has 0 aromatic heterocycles. The second kappa shape index (κ2) is 9.58. The average molecular weight is 414 g/mol. The van der Waals surface area contributed by atoms with E-state index in [1.807, 2.05) is 12.6 Å². The lowest BCUT2D eigenvalue weighted by Gasteiger charge is -2.41. The summed E-state index contributed by atoms with van der Waals surface area (Å²) in [5.74, 6) is -0.312. The van der Waals surface area contributed by atoms with Crippen LogP contribution in [0.15, 0.2) is 30.3 Å². The molecular formula is C18H28FNO5Si2. The van der Waals surface area contributed by atoms with Crippen LogP contribution < -0.4 is 4.90 Å². The highest BCUT2D eigenvalue weighted by molar-refractivity contribution is 6.83. The summed E-state index contributed by atoms with van der Waals surface area (Å²) in [7, 11) is -5.08. The summed E-state index contributed by atoms with van der Waals surface area (Å²) < 4.78 is 31.5. The number of hydrogen-bond acceptors (Lipinski definition) is 5. The zero-order valence-corrected chi connectivity index (χ0v) is 18.2. The first-order chi connectivity index (χ1) is 12.7. The minimum absolute atomic E-state index is 0.0858. The highest BCUT2D eigenvalue weighted by Gasteiger charge is 2.44. The van der Waals surface area contributed by atoms with E-state index < -0.39 is 23.0 Å². The highest BCUT2D eigenvalue weighted by Crippen LogP contribution is 2.30. The Morgan fingerprint density at radius 2 is 1.93 bits per heavy atom. The van der Waals surface area contributed by atoms with Crippen LogP contribution in [0.3, 0.4) is 0 Å². The Morgan fingerprint density at radius 1 is 1.22 bits per heavy atom. The van der Waals surface area contributed by atoms with Gasteiger partial charge in [-0.3, -0.25) is 9.69 Å². The predicted octanol–water partition coefficient (Wildman–Crippen LogP) is 4.16. The third kappa shape index (κ3) is 6.83. The van der Waals surface area contributed by atoms with E-state index in [0.717, 1.165) is 23.8 Å². The molecule has 1 aromatic rings. The number of nitrogens with zero attached hydrogens (tertiary/aromatic N) is 1. The molecule has 1 amide bonds. The van der Waals surface area contributed by atoms with Gasteiger partial charge in [0.25, 0.3) is 0 Å². The van der Waals surface area contributed by atoms with Gasteiger partial charge in [0.05, 0.1) is 12.8 Å². The molecule has 2 rings (SSSR count). The van der Waals surface area contributed by atoms with Crippen LogP contribution >= 0.6 is 0 Å². The maximum absolute atomic E-state index is 13.8. The van der Waals surface area contributed by atoms with Crippen LogP contribution in [-0.2, 0) is 18.1 Å². The lowest BCUT2D eigenvalue weighted by molar-refractivity contribution is -0.140. The number of ether oxygens (including phenoxy) is 1. The number of amides is 1. The SMILES string of the molecule is CC(=O)OCC[Si]1(C)CCCCO[Si](C)(CN(C(=O)F)c2ccccc2)O1. The summed E-state index contributed by atoms with van der Waals surface area (Å²) >= 11 is 0. The monoisotopic (exact) mass is 413 g/mol. The van der Waals surface area contributed by atoms with Crippen molar-refractivity contribution in [2.75, 3.05) is 24.3 Å². The second-order valence-electron chi connectivity index (χ2n) is 7.26. The molecule has 150 valence electrons. The van der Waals surface area contributed by atoms with Crippen LogP contribution in [-0.4, -0.2) is 48.4 Å². The largest absolute Gasteiger partial charge is 0.466 e. The zero-order chi connectivity index (χ0) is 19.9. The van der Waals surface area contributed by atoms with Gasteiger partial charge in [-0.1, -0.05) is 24.6 Å². The van der Waals surface area contributed by atoms with Crippen LogP contribution in [0, 0.1) is 0 Å². The quantitative estimate of drug-likeness (QED) is 0.303. The number of carbonyl (C=O) groups is 2. The fraction of sp³-hybridized carbons (Fsp3) is 0.556. The molecule has 1 aliphatic rings. The molecule has 27 heavy (non-hydrogen) atoms. The normalized spacial score (nSPS) is 25.9. The third-order valence-corrected chi connectivity index (χ3v) is 12.7. The Hall–Kier alpha value is -1.56. The van der Waals surface area contributed by atoms with E-state index in [-0.39, 0.29) is 12.1 Å². The van der Waals surface area contributed by atoms with Gasteiger partial charge >= 0.3 is 20.7 Å². The van der Waals surface area contributed by atoms with E-state index in [0.29, 0.717) is 24.9 Å². The van der Waals surface area contributed by atoms with Crippen LogP contribution in [0.25, 0.3) is 0 Å². The Labute approximate surface area is 162 Å².